The minimum absolute atomic E-state index is 0.0220. The van der Waals surface area contributed by atoms with Gasteiger partial charge in [0, 0.05) is 0 Å². The Morgan fingerprint density at radius 3 is 2.48 bits per heavy atom. The Balaban J connectivity index is 2.79. The van der Waals surface area contributed by atoms with Crippen molar-refractivity contribution < 1.29 is 19.2 Å². The van der Waals surface area contributed by atoms with Gasteiger partial charge in [-0.3, -0.25) is 10.1 Å². The van der Waals surface area contributed by atoms with E-state index in [2.05, 4.69) is 5.10 Å². The molecule has 0 aliphatic rings. The fraction of sp³-hybridized carbons (Fsp3) is 0.231. The molecule has 2 aromatic rings. The van der Waals surface area contributed by atoms with Gasteiger partial charge in [-0.15, -0.1) is 0 Å². The number of aromatic nitrogens is 2. The van der Waals surface area contributed by atoms with Gasteiger partial charge < -0.3 is 5.11 Å². The van der Waals surface area contributed by atoms with Crippen LogP contribution in [-0.4, -0.2) is 25.8 Å². The van der Waals surface area contributed by atoms with E-state index in [4.69, 9.17) is 5.11 Å². The van der Waals surface area contributed by atoms with Crippen LogP contribution in [0.15, 0.2) is 12.1 Å². The zero-order chi connectivity index (χ0) is 15.9. The number of aryl methyl sites for hydroxylation is 2. The van der Waals surface area contributed by atoms with E-state index in [0.717, 1.165) is 10.7 Å². The van der Waals surface area contributed by atoms with E-state index in [1.807, 2.05) is 0 Å². The average Bonchev–Trinajstić information content (AvgIpc) is 2.67. The van der Waals surface area contributed by atoms with Gasteiger partial charge in [0.25, 0.3) is 5.69 Å². The predicted octanol–water partition coefficient (Wildman–Crippen LogP) is 2.54. The van der Waals surface area contributed by atoms with Crippen LogP contribution in [0, 0.1) is 36.7 Å². The number of carboxylic acid groups (broad SMARTS) is 1. The highest BCUT2D eigenvalue weighted by atomic mass is 19.1. The molecule has 21 heavy (non-hydrogen) atoms. The number of rotatable bonds is 3. The number of nitrogens with zero attached hydrogens (tertiary/aromatic N) is 3. The lowest BCUT2D eigenvalue weighted by molar-refractivity contribution is -0.384. The van der Waals surface area contributed by atoms with Crippen molar-refractivity contribution in [3.63, 3.8) is 0 Å². The van der Waals surface area contributed by atoms with Crippen molar-refractivity contribution in [1.82, 2.24) is 9.78 Å². The number of carboxylic acids is 1. The molecule has 110 valence electrons. The van der Waals surface area contributed by atoms with Crippen molar-refractivity contribution in [1.29, 1.82) is 0 Å². The van der Waals surface area contributed by atoms with E-state index in [9.17, 15) is 19.3 Å². The fourth-order valence-corrected chi connectivity index (χ4v) is 2.16. The first-order chi connectivity index (χ1) is 9.73. The SMILES string of the molecule is Cc1cc(-n2nc(C)c(C(=O)O)c2C)c([N+](=O)[O-])cc1F. The largest absolute Gasteiger partial charge is 0.478 e. The van der Waals surface area contributed by atoms with Crippen molar-refractivity contribution in [2.45, 2.75) is 20.8 Å². The molecule has 2 rings (SSSR count). The van der Waals surface area contributed by atoms with E-state index in [1.165, 1.54) is 26.8 Å². The molecule has 0 saturated carbocycles. The highest BCUT2D eigenvalue weighted by Gasteiger charge is 2.24. The lowest BCUT2D eigenvalue weighted by atomic mass is 10.1. The summed E-state index contributed by atoms with van der Waals surface area (Å²) in [5.74, 6) is -1.87. The molecule has 1 aromatic carbocycles. The van der Waals surface area contributed by atoms with Crippen LogP contribution in [0.25, 0.3) is 5.69 Å². The summed E-state index contributed by atoms with van der Waals surface area (Å²) in [7, 11) is 0. The Kier molecular flexibility index (Phi) is 3.46. The third kappa shape index (κ3) is 2.35. The number of carbonyl (C=O) groups is 1. The van der Waals surface area contributed by atoms with Crippen molar-refractivity contribution >= 4 is 11.7 Å². The molecule has 0 amide bonds. The normalized spacial score (nSPS) is 10.7. The third-order valence-corrected chi connectivity index (χ3v) is 3.19. The second-order valence-electron chi connectivity index (χ2n) is 4.61. The average molecular weight is 293 g/mol. The van der Waals surface area contributed by atoms with E-state index in [0.29, 0.717) is 0 Å². The Morgan fingerprint density at radius 2 is 2.00 bits per heavy atom. The van der Waals surface area contributed by atoms with Crippen molar-refractivity contribution in [3.05, 3.63) is 50.6 Å². The van der Waals surface area contributed by atoms with Gasteiger partial charge in [0.05, 0.1) is 22.4 Å². The summed E-state index contributed by atoms with van der Waals surface area (Å²) in [4.78, 5) is 21.5. The van der Waals surface area contributed by atoms with Crippen LogP contribution in [0.2, 0.25) is 0 Å². The van der Waals surface area contributed by atoms with Gasteiger partial charge in [-0.2, -0.15) is 5.10 Å². The van der Waals surface area contributed by atoms with Crippen molar-refractivity contribution in [3.8, 4) is 5.69 Å². The number of hydrogen-bond donors (Lipinski definition) is 1. The van der Waals surface area contributed by atoms with Crippen LogP contribution in [-0.2, 0) is 0 Å². The Hall–Kier alpha value is -2.77. The molecule has 0 aliphatic heterocycles. The second kappa shape index (κ2) is 4.97. The first-order valence-corrected chi connectivity index (χ1v) is 5.98. The van der Waals surface area contributed by atoms with Crippen LogP contribution < -0.4 is 0 Å². The number of nitro groups is 1. The molecule has 0 aliphatic carbocycles. The smallest absolute Gasteiger partial charge is 0.339 e. The van der Waals surface area contributed by atoms with Crippen LogP contribution in [0.4, 0.5) is 10.1 Å². The van der Waals surface area contributed by atoms with Crippen LogP contribution in [0.3, 0.4) is 0 Å². The molecule has 7 nitrogen and oxygen atoms in total. The summed E-state index contributed by atoms with van der Waals surface area (Å²) < 4.78 is 14.7. The fourth-order valence-electron chi connectivity index (χ4n) is 2.16. The number of hydrogen-bond acceptors (Lipinski definition) is 4. The van der Waals surface area contributed by atoms with Gasteiger partial charge in [0.2, 0.25) is 0 Å². The summed E-state index contributed by atoms with van der Waals surface area (Å²) in [6.45, 7) is 4.45. The quantitative estimate of drug-likeness (QED) is 0.692. The Labute approximate surface area is 118 Å². The summed E-state index contributed by atoms with van der Waals surface area (Å²) >= 11 is 0. The van der Waals surface area contributed by atoms with E-state index >= 15 is 0 Å². The highest BCUT2D eigenvalue weighted by molar-refractivity contribution is 5.90. The monoisotopic (exact) mass is 293 g/mol. The van der Waals surface area contributed by atoms with Crippen molar-refractivity contribution in [2.75, 3.05) is 0 Å². The number of benzene rings is 1. The standard InChI is InChI=1S/C13H12FN3O4/c1-6-4-10(11(17(20)21)5-9(6)14)16-8(3)12(13(18)19)7(2)15-16/h4-5H,1-3H3,(H,18,19). The zero-order valence-electron chi connectivity index (χ0n) is 11.5. The van der Waals surface area contributed by atoms with Crippen LogP contribution in [0.5, 0.6) is 0 Å². The Morgan fingerprint density at radius 1 is 1.38 bits per heavy atom. The molecule has 0 radical (unpaired) electrons. The van der Waals surface area contributed by atoms with Crippen LogP contribution >= 0.6 is 0 Å². The van der Waals surface area contributed by atoms with E-state index < -0.39 is 22.4 Å². The lowest BCUT2D eigenvalue weighted by Crippen LogP contribution is -2.06. The molecule has 0 bridgehead atoms. The molecule has 0 fully saturated rings. The van der Waals surface area contributed by atoms with Gasteiger partial charge in [0.15, 0.2) is 0 Å². The predicted molar refractivity (Wildman–Crippen MR) is 71.3 cm³/mol. The maximum absolute atomic E-state index is 13.5. The number of halogens is 1. The third-order valence-electron chi connectivity index (χ3n) is 3.19. The molecule has 1 N–H and O–H groups in total. The molecule has 0 atom stereocenters. The second-order valence-corrected chi connectivity index (χ2v) is 4.61. The summed E-state index contributed by atoms with van der Waals surface area (Å²) in [6.07, 6.45) is 0. The molecule has 0 spiro atoms. The maximum Gasteiger partial charge on any atom is 0.339 e. The molecular formula is C13H12FN3O4. The zero-order valence-corrected chi connectivity index (χ0v) is 11.5. The Bertz CT molecular complexity index is 767. The molecular weight excluding hydrogens is 281 g/mol. The summed E-state index contributed by atoms with van der Waals surface area (Å²) in [5, 5.41) is 24.2. The van der Waals surface area contributed by atoms with E-state index in [1.54, 1.807) is 0 Å². The van der Waals surface area contributed by atoms with Gasteiger partial charge in [0.1, 0.15) is 17.1 Å². The van der Waals surface area contributed by atoms with Crippen LogP contribution in [0.1, 0.15) is 27.3 Å². The topological polar surface area (TPSA) is 98.3 Å². The lowest BCUT2D eigenvalue weighted by Gasteiger charge is -2.07. The molecule has 0 saturated heterocycles. The number of aromatic carboxylic acids is 1. The molecule has 8 heteroatoms. The molecule has 0 unspecified atom stereocenters. The molecule has 1 heterocycles. The first-order valence-electron chi connectivity index (χ1n) is 5.98. The van der Waals surface area contributed by atoms with E-state index in [-0.39, 0.29) is 28.2 Å². The van der Waals surface area contributed by atoms with Gasteiger partial charge in [-0.05, 0) is 32.4 Å². The summed E-state index contributed by atoms with van der Waals surface area (Å²) in [5.41, 5.74) is 0.226. The summed E-state index contributed by atoms with van der Waals surface area (Å²) in [6, 6.07) is 2.08. The van der Waals surface area contributed by atoms with Gasteiger partial charge in [-0.1, -0.05) is 0 Å². The maximum atomic E-state index is 13.5. The van der Waals surface area contributed by atoms with Gasteiger partial charge in [-0.25, -0.2) is 13.9 Å². The minimum Gasteiger partial charge on any atom is -0.478 e. The highest BCUT2D eigenvalue weighted by Crippen LogP contribution is 2.28. The number of nitro benzene ring substituents is 1. The first kappa shape index (κ1) is 14.6. The molecule has 1 aromatic heterocycles. The minimum atomic E-state index is -1.17. The van der Waals surface area contributed by atoms with Crippen molar-refractivity contribution in [2.24, 2.45) is 0 Å². The van der Waals surface area contributed by atoms with Gasteiger partial charge >= 0.3 is 5.97 Å².